The second-order valence-electron chi connectivity index (χ2n) is 3.24. The molecule has 0 amide bonds. The molecule has 2 heteroatoms. The fourth-order valence-corrected chi connectivity index (χ4v) is 1.23. The van der Waals surface area contributed by atoms with Gasteiger partial charge in [-0.3, -0.25) is 4.79 Å². The summed E-state index contributed by atoms with van der Waals surface area (Å²) >= 11 is 0. The fraction of sp³-hybridized carbons (Fsp3) is 0.625. The van der Waals surface area contributed by atoms with E-state index in [9.17, 15) is 4.79 Å². The van der Waals surface area contributed by atoms with Gasteiger partial charge in [0.2, 0.25) is 0 Å². The first-order valence-corrected chi connectivity index (χ1v) is 3.40. The van der Waals surface area contributed by atoms with Crippen LogP contribution >= 0.6 is 0 Å². The van der Waals surface area contributed by atoms with Crippen LogP contribution in [-0.4, -0.2) is 11.6 Å². The van der Waals surface area contributed by atoms with Crippen molar-refractivity contribution in [1.29, 1.82) is 0 Å². The monoisotopic (exact) mass is 140 g/mol. The van der Waals surface area contributed by atoms with Gasteiger partial charge in [0.25, 0.3) is 0 Å². The van der Waals surface area contributed by atoms with Crippen LogP contribution in [0.25, 0.3) is 0 Å². The largest absolute Gasteiger partial charge is 0.455 e. The Morgan fingerprint density at radius 1 is 1.60 bits per heavy atom. The molecule has 0 aromatic rings. The second-order valence-corrected chi connectivity index (χ2v) is 3.24. The van der Waals surface area contributed by atoms with Gasteiger partial charge >= 0.3 is 5.97 Å². The number of carbonyl (C=O) groups is 1. The van der Waals surface area contributed by atoms with E-state index in [-0.39, 0.29) is 11.6 Å². The number of rotatable bonds is 0. The summed E-state index contributed by atoms with van der Waals surface area (Å²) in [6.45, 7) is 5.71. The lowest BCUT2D eigenvalue weighted by atomic mass is 10.0. The maximum absolute atomic E-state index is 10.8. The van der Waals surface area contributed by atoms with Crippen molar-refractivity contribution < 1.29 is 9.53 Å². The van der Waals surface area contributed by atoms with Crippen LogP contribution in [0, 0.1) is 0 Å². The average molecular weight is 140 g/mol. The Labute approximate surface area is 60.9 Å². The molecule has 0 bridgehead atoms. The molecule has 1 aliphatic heterocycles. The van der Waals surface area contributed by atoms with Gasteiger partial charge in [-0.15, -0.1) is 0 Å². The molecular formula is C8H12O2. The van der Waals surface area contributed by atoms with Gasteiger partial charge in [-0.1, -0.05) is 5.57 Å². The summed E-state index contributed by atoms with van der Waals surface area (Å²) in [4.78, 5) is 10.8. The van der Waals surface area contributed by atoms with Gasteiger partial charge < -0.3 is 4.74 Å². The predicted octanol–water partition coefficient (Wildman–Crippen LogP) is 1.66. The van der Waals surface area contributed by atoms with Crippen LogP contribution in [0.2, 0.25) is 0 Å². The lowest BCUT2D eigenvalue weighted by Crippen LogP contribution is -2.29. The summed E-state index contributed by atoms with van der Waals surface area (Å²) < 4.78 is 5.03. The van der Waals surface area contributed by atoms with Crippen LogP contribution in [0.1, 0.15) is 27.2 Å². The maximum atomic E-state index is 10.8. The smallest absolute Gasteiger partial charge is 0.310 e. The van der Waals surface area contributed by atoms with Crippen molar-refractivity contribution in [1.82, 2.24) is 0 Å². The van der Waals surface area contributed by atoms with Crippen molar-refractivity contribution in [3.63, 3.8) is 0 Å². The quantitative estimate of drug-likeness (QED) is 0.378. The van der Waals surface area contributed by atoms with Gasteiger partial charge in [0.1, 0.15) is 5.60 Å². The zero-order valence-corrected chi connectivity index (χ0v) is 6.60. The van der Waals surface area contributed by atoms with E-state index in [0.717, 1.165) is 5.57 Å². The molecule has 10 heavy (non-hydrogen) atoms. The maximum Gasteiger partial charge on any atom is 0.310 e. The molecule has 0 aromatic heterocycles. The molecule has 56 valence electrons. The Bertz CT molecular complexity index is 189. The van der Waals surface area contributed by atoms with E-state index in [2.05, 4.69) is 0 Å². The number of hydrogen-bond acceptors (Lipinski definition) is 2. The number of carbonyl (C=O) groups excluding carboxylic acids is 1. The highest BCUT2D eigenvalue weighted by atomic mass is 16.6. The van der Waals surface area contributed by atoms with Crippen LogP contribution < -0.4 is 0 Å². The predicted molar refractivity (Wildman–Crippen MR) is 38.5 cm³/mol. The van der Waals surface area contributed by atoms with Gasteiger partial charge in [-0.2, -0.15) is 0 Å². The Morgan fingerprint density at radius 2 is 2.20 bits per heavy atom. The summed E-state index contributed by atoms with van der Waals surface area (Å²) in [5, 5.41) is 0. The van der Waals surface area contributed by atoms with Crippen molar-refractivity contribution in [3.05, 3.63) is 11.6 Å². The van der Waals surface area contributed by atoms with E-state index in [0.29, 0.717) is 6.42 Å². The molecule has 1 aliphatic rings. The van der Waals surface area contributed by atoms with Crippen LogP contribution in [0.5, 0.6) is 0 Å². The third-order valence-corrected chi connectivity index (χ3v) is 1.39. The number of esters is 1. The summed E-state index contributed by atoms with van der Waals surface area (Å²) in [5.74, 6) is -0.120. The molecule has 0 aromatic carbocycles. The molecular weight excluding hydrogens is 128 g/mol. The van der Waals surface area contributed by atoms with E-state index < -0.39 is 0 Å². The molecule has 2 nitrogen and oxygen atoms in total. The van der Waals surface area contributed by atoms with Crippen molar-refractivity contribution >= 4 is 5.97 Å². The second kappa shape index (κ2) is 2.11. The normalized spacial score (nSPS) is 23.5. The van der Waals surface area contributed by atoms with Crippen molar-refractivity contribution in [2.75, 3.05) is 0 Å². The minimum absolute atomic E-state index is 0.120. The molecule has 0 spiro atoms. The molecule has 0 atom stereocenters. The Hall–Kier alpha value is -0.790. The van der Waals surface area contributed by atoms with Crippen molar-refractivity contribution in [2.45, 2.75) is 32.8 Å². The minimum atomic E-state index is -0.389. The SMILES string of the molecule is CC1=CC(C)(C)OC(=O)C1. The summed E-state index contributed by atoms with van der Waals surface area (Å²) in [6.07, 6.45) is 2.43. The van der Waals surface area contributed by atoms with Crippen molar-refractivity contribution in [3.8, 4) is 0 Å². The van der Waals surface area contributed by atoms with Crippen LogP contribution in [0.15, 0.2) is 11.6 Å². The van der Waals surface area contributed by atoms with E-state index in [1.165, 1.54) is 0 Å². The molecule has 0 radical (unpaired) electrons. The lowest BCUT2D eigenvalue weighted by Gasteiger charge is -2.26. The highest BCUT2D eigenvalue weighted by Gasteiger charge is 2.24. The zero-order valence-electron chi connectivity index (χ0n) is 6.60. The summed E-state index contributed by atoms with van der Waals surface area (Å²) in [5.41, 5.74) is 0.709. The first-order valence-electron chi connectivity index (χ1n) is 3.40. The van der Waals surface area contributed by atoms with E-state index in [4.69, 9.17) is 4.74 Å². The molecule has 1 rings (SSSR count). The number of cyclic esters (lactones) is 1. The Morgan fingerprint density at radius 3 is 2.60 bits per heavy atom. The third kappa shape index (κ3) is 1.59. The summed E-state index contributed by atoms with van der Waals surface area (Å²) in [7, 11) is 0. The molecule has 0 saturated carbocycles. The molecule has 0 N–H and O–H groups in total. The Balaban J connectivity index is 2.83. The minimum Gasteiger partial charge on any atom is -0.455 e. The van der Waals surface area contributed by atoms with Gasteiger partial charge in [0, 0.05) is 0 Å². The van der Waals surface area contributed by atoms with Gasteiger partial charge in [-0.25, -0.2) is 0 Å². The summed E-state index contributed by atoms with van der Waals surface area (Å²) in [6, 6.07) is 0. The van der Waals surface area contributed by atoms with E-state index in [1.807, 2.05) is 26.8 Å². The van der Waals surface area contributed by atoms with Crippen LogP contribution in [0.3, 0.4) is 0 Å². The standard InChI is InChI=1S/C8H12O2/c1-6-4-7(9)10-8(2,3)5-6/h5H,4H2,1-3H3. The molecule has 0 saturated heterocycles. The first kappa shape index (κ1) is 7.32. The molecule has 0 aliphatic carbocycles. The highest BCUT2D eigenvalue weighted by Crippen LogP contribution is 2.21. The van der Waals surface area contributed by atoms with E-state index >= 15 is 0 Å². The highest BCUT2D eigenvalue weighted by molar-refractivity contribution is 5.74. The number of ether oxygens (including phenoxy) is 1. The average Bonchev–Trinajstić information content (AvgIpc) is 1.54. The lowest BCUT2D eigenvalue weighted by molar-refractivity contribution is -0.153. The molecule has 0 fully saturated rings. The topological polar surface area (TPSA) is 26.3 Å². The third-order valence-electron chi connectivity index (χ3n) is 1.39. The van der Waals surface area contributed by atoms with Gasteiger partial charge in [-0.05, 0) is 26.8 Å². The van der Waals surface area contributed by atoms with Gasteiger partial charge in [0.15, 0.2) is 0 Å². The Kier molecular flexibility index (Phi) is 1.55. The van der Waals surface area contributed by atoms with Crippen LogP contribution in [-0.2, 0) is 9.53 Å². The van der Waals surface area contributed by atoms with Crippen LogP contribution in [0.4, 0.5) is 0 Å². The molecule has 0 unspecified atom stereocenters. The first-order chi connectivity index (χ1) is 4.49. The number of hydrogen-bond donors (Lipinski definition) is 0. The molecule has 1 heterocycles. The van der Waals surface area contributed by atoms with Crippen molar-refractivity contribution in [2.24, 2.45) is 0 Å². The van der Waals surface area contributed by atoms with Gasteiger partial charge in [0.05, 0.1) is 6.42 Å². The zero-order chi connectivity index (χ0) is 7.78. The fourth-order valence-electron chi connectivity index (χ4n) is 1.23. The van der Waals surface area contributed by atoms with E-state index in [1.54, 1.807) is 0 Å².